The standard InChI is InChI=1S/C30H41IN2O7/c1-39-26-14-20(18-35)13-23(31)28(26)40-25-16-22(29(37)32-11-12-34)15-24(27(25)36)33(17-19-7-3-2-4-8-19)30(38)21-9-5-6-10-21/h13-14,16,18-19,21,24-25,27,34,36H,2-12,15,17H2,1H3,(H,32,37). The molecule has 1 aromatic rings. The number of rotatable bonds is 11. The molecule has 0 radical (unpaired) electrons. The Bertz CT molecular complexity index is 1080. The minimum atomic E-state index is -1.09. The second-order valence-electron chi connectivity index (χ2n) is 11.1. The summed E-state index contributed by atoms with van der Waals surface area (Å²) in [5, 5.41) is 23.7. The summed E-state index contributed by atoms with van der Waals surface area (Å²) in [5.41, 5.74) is 0.830. The smallest absolute Gasteiger partial charge is 0.247 e. The first kappa shape index (κ1) is 30.8. The SMILES string of the molecule is COc1cc(C=O)cc(I)c1OC1C=C(C(=O)NCCO)CC(N(CC2CCCCC2)C(=O)C2CCCC2)C1O. The number of carbonyl (C=O) groups is 3. The fourth-order valence-corrected chi connectivity index (χ4v) is 7.03. The predicted molar refractivity (Wildman–Crippen MR) is 158 cm³/mol. The van der Waals surface area contributed by atoms with E-state index in [0.717, 1.165) is 57.7 Å². The average Bonchev–Trinajstić information content (AvgIpc) is 3.52. The number of benzene rings is 1. The molecule has 3 aliphatic rings. The van der Waals surface area contributed by atoms with E-state index in [9.17, 15) is 24.6 Å². The number of halogens is 1. The maximum Gasteiger partial charge on any atom is 0.247 e. The highest BCUT2D eigenvalue weighted by atomic mass is 127. The average molecular weight is 669 g/mol. The Morgan fingerprint density at radius 1 is 1.12 bits per heavy atom. The van der Waals surface area contributed by atoms with Gasteiger partial charge in [0.25, 0.3) is 0 Å². The van der Waals surface area contributed by atoms with Crippen molar-refractivity contribution in [2.75, 3.05) is 26.8 Å². The molecule has 0 aromatic heterocycles. The molecule has 220 valence electrons. The van der Waals surface area contributed by atoms with Gasteiger partial charge in [-0.15, -0.1) is 0 Å². The number of methoxy groups -OCH3 is 1. The maximum absolute atomic E-state index is 14.0. The van der Waals surface area contributed by atoms with Crippen molar-refractivity contribution in [2.24, 2.45) is 11.8 Å². The third-order valence-electron chi connectivity index (χ3n) is 8.42. The van der Waals surface area contributed by atoms with Crippen LogP contribution in [0.3, 0.4) is 0 Å². The van der Waals surface area contributed by atoms with Gasteiger partial charge in [0.05, 0.1) is 23.3 Å². The summed E-state index contributed by atoms with van der Waals surface area (Å²) >= 11 is 2.05. The van der Waals surface area contributed by atoms with Crippen LogP contribution in [-0.4, -0.2) is 78.3 Å². The molecule has 3 unspecified atom stereocenters. The number of nitrogens with one attached hydrogen (secondary N) is 1. The Labute approximate surface area is 249 Å². The largest absolute Gasteiger partial charge is 0.493 e. The molecule has 2 amide bonds. The van der Waals surface area contributed by atoms with Gasteiger partial charge < -0.3 is 29.9 Å². The highest BCUT2D eigenvalue weighted by molar-refractivity contribution is 14.1. The van der Waals surface area contributed by atoms with Gasteiger partial charge in [0.15, 0.2) is 11.5 Å². The van der Waals surface area contributed by atoms with Crippen LogP contribution >= 0.6 is 22.6 Å². The molecule has 1 aromatic carbocycles. The van der Waals surface area contributed by atoms with E-state index in [1.54, 1.807) is 18.2 Å². The summed E-state index contributed by atoms with van der Waals surface area (Å²) in [6.07, 6.45) is 9.82. The van der Waals surface area contributed by atoms with Gasteiger partial charge >= 0.3 is 0 Å². The molecule has 3 aliphatic carbocycles. The van der Waals surface area contributed by atoms with Crippen LogP contribution in [0.1, 0.15) is 74.6 Å². The van der Waals surface area contributed by atoms with E-state index in [4.69, 9.17) is 9.47 Å². The second kappa shape index (κ2) is 14.6. The van der Waals surface area contributed by atoms with E-state index in [-0.39, 0.29) is 37.3 Å². The highest BCUT2D eigenvalue weighted by Crippen LogP contribution is 2.38. The minimum Gasteiger partial charge on any atom is -0.493 e. The summed E-state index contributed by atoms with van der Waals surface area (Å²) in [5.74, 6) is 0.688. The van der Waals surface area contributed by atoms with Crippen LogP contribution in [0.5, 0.6) is 11.5 Å². The van der Waals surface area contributed by atoms with Crippen molar-refractivity contribution in [1.82, 2.24) is 10.2 Å². The van der Waals surface area contributed by atoms with E-state index in [1.165, 1.54) is 13.5 Å². The summed E-state index contributed by atoms with van der Waals surface area (Å²) < 4.78 is 12.4. The van der Waals surface area contributed by atoms with Crippen molar-refractivity contribution < 1.29 is 34.1 Å². The molecule has 40 heavy (non-hydrogen) atoms. The van der Waals surface area contributed by atoms with Gasteiger partial charge in [0, 0.05) is 36.6 Å². The summed E-state index contributed by atoms with van der Waals surface area (Å²) in [4.78, 5) is 40.3. The third kappa shape index (κ3) is 7.36. The molecule has 3 atom stereocenters. The zero-order chi connectivity index (χ0) is 28.6. The number of aliphatic hydroxyl groups excluding tert-OH is 2. The minimum absolute atomic E-state index is 0.0605. The first-order valence-corrected chi connectivity index (χ1v) is 15.5. The first-order chi connectivity index (χ1) is 19.4. The van der Waals surface area contributed by atoms with Gasteiger partial charge in [0.1, 0.15) is 18.5 Å². The molecule has 10 heteroatoms. The topological polar surface area (TPSA) is 125 Å². The molecular weight excluding hydrogens is 627 g/mol. The fraction of sp³-hybridized carbons (Fsp3) is 0.633. The monoisotopic (exact) mass is 668 g/mol. The number of aldehydes is 1. The Balaban J connectivity index is 1.69. The molecular formula is C30H41IN2O7. The normalized spacial score (nSPS) is 23.8. The van der Waals surface area contributed by atoms with Crippen molar-refractivity contribution in [3.63, 3.8) is 0 Å². The van der Waals surface area contributed by atoms with E-state index < -0.39 is 18.2 Å². The first-order valence-electron chi connectivity index (χ1n) is 14.4. The summed E-state index contributed by atoms with van der Waals surface area (Å²) in [6, 6.07) is 2.59. The lowest BCUT2D eigenvalue weighted by molar-refractivity contribution is -0.144. The van der Waals surface area contributed by atoms with Crippen molar-refractivity contribution in [3.05, 3.63) is 32.9 Å². The number of hydrogen-bond acceptors (Lipinski definition) is 7. The number of ether oxygens (including phenoxy) is 2. The lowest BCUT2D eigenvalue weighted by atomic mass is 9.84. The zero-order valence-corrected chi connectivity index (χ0v) is 25.3. The second-order valence-corrected chi connectivity index (χ2v) is 12.3. The van der Waals surface area contributed by atoms with Gasteiger partial charge in [-0.1, -0.05) is 32.1 Å². The van der Waals surface area contributed by atoms with Crippen molar-refractivity contribution in [2.45, 2.75) is 82.5 Å². The van der Waals surface area contributed by atoms with Gasteiger partial charge in [-0.3, -0.25) is 14.4 Å². The van der Waals surface area contributed by atoms with Gasteiger partial charge in [-0.05, 0) is 72.4 Å². The molecule has 2 fully saturated rings. The van der Waals surface area contributed by atoms with E-state index in [2.05, 4.69) is 27.9 Å². The molecule has 4 rings (SSSR count). The quantitative estimate of drug-likeness (QED) is 0.243. The zero-order valence-electron chi connectivity index (χ0n) is 23.1. The third-order valence-corrected chi connectivity index (χ3v) is 9.22. The van der Waals surface area contributed by atoms with Crippen LogP contribution in [0.2, 0.25) is 0 Å². The Kier molecular flexibility index (Phi) is 11.3. The van der Waals surface area contributed by atoms with Crippen molar-refractivity contribution in [3.8, 4) is 11.5 Å². The van der Waals surface area contributed by atoms with Gasteiger partial charge in [-0.25, -0.2) is 0 Å². The lowest BCUT2D eigenvalue weighted by Gasteiger charge is -2.43. The number of hydrogen-bond donors (Lipinski definition) is 3. The van der Waals surface area contributed by atoms with Crippen LogP contribution in [0.15, 0.2) is 23.8 Å². The Hall–Kier alpha value is -2.18. The van der Waals surface area contributed by atoms with Crippen LogP contribution in [0.4, 0.5) is 0 Å². The van der Waals surface area contributed by atoms with Crippen molar-refractivity contribution >= 4 is 40.7 Å². The molecule has 0 heterocycles. The molecule has 9 nitrogen and oxygen atoms in total. The van der Waals surface area contributed by atoms with Crippen LogP contribution in [0.25, 0.3) is 0 Å². The number of aliphatic hydroxyl groups is 2. The predicted octanol–water partition coefficient (Wildman–Crippen LogP) is 3.63. The molecule has 3 N–H and O–H groups in total. The summed E-state index contributed by atoms with van der Waals surface area (Å²) in [6.45, 7) is 0.461. The summed E-state index contributed by atoms with van der Waals surface area (Å²) in [7, 11) is 1.47. The molecule has 0 aliphatic heterocycles. The lowest BCUT2D eigenvalue weighted by Crippen LogP contribution is -2.57. The van der Waals surface area contributed by atoms with Gasteiger partial charge in [-0.2, -0.15) is 0 Å². The molecule has 0 spiro atoms. The Morgan fingerprint density at radius 3 is 2.48 bits per heavy atom. The Morgan fingerprint density at radius 2 is 1.82 bits per heavy atom. The highest BCUT2D eigenvalue weighted by Gasteiger charge is 2.43. The number of amides is 2. The van der Waals surface area contributed by atoms with E-state index in [1.807, 2.05) is 4.90 Å². The van der Waals surface area contributed by atoms with Crippen LogP contribution in [0, 0.1) is 15.4 Å². The van der Waals surface area contributed by atoms with Crippen LogP contribution < -0.4 is 14.8 Å². The van der Waals surface area contributed by atoms with E-state index in [0.29, 0.717) is 38.7 Å². The molecule has 0 saturated heterocycles. The molecule has 0 bridgehead atoms. The maximum atomic E-state index is 14.0. The number of carbonyl (C=O) groups excluding carboxylic acids is 3. The number of nitrogens with zero attached hydrogens (tertiary/aromatic N) is 1. The van der Waals surface area contributed by atoms with Gasteiger partial charge in [0.2, 0.25) is 11.8 Å². The van der Waals surface area contributed by atoms with E-state index >= 15 is 0 Å². The van der Waals surface area contributed by atoms with Crippen LogP contribution in [-0.2, 0) is 9.59 Å². The molecule has 2 saturated carbocycles. The fourth-order valence-electron chi connectivity index (χ4n) is 6.28. The van der Waals surface area contributed by atoms with Crippen molar-refractivity contribution in [1.29, 1.82) is 0 Å².